The van der Waals surface area contributed by atoms with E-state index in [1.54, 1.807) is 0 Å². The van der Waals surface area contributed by atoms with Gasteiger partial charge in [-0.2, -0.15) is 0 Å². The zero-order chi connectivity index (χ0) is 16.4. The van der Waals surface area contributed by atoms with Gasteiger partial charge in [-0.25, -0.2) is 0 Å². The molecule has 0 bridgehead atoms. The summed E-state index contributed by atoms with van der Waals surface area (Å²) in [5, 5.41) is 19.0. The molecular weight excluding hydrogens is 284 g/mol. The summed E-state index contributed by atoms with van der Waals surface area (Å²) in [7, 11) is 0. The third-order valence-corrected chi connectivity index (χ3v) is 4.34. The second-order valence-electron chi connectivity index (χ2n) is 7.40. The number of hydrogen-bond acceptors (Lipinski definition) is 3. The average Bonchev–Trinajstić information content (AvgIpc) is 2.33. The Hall–Kier alpha value is -1.00. The van der Waals surface area contributed by atoms with Crippen LogP contribution >= 0.6 is 11.8 Å². The first-order chi connectivity index (χ1) is 9.41. The molecule has 0 aromatic heterocycles. The van der Waals surface area contributed by atoms with Crippen LogP contribution in [0, 0.1) is 0 Å². The number of rotatable bonds is 4. The quantitative estimate of drug-likeness (QED) is 0.822. The predicted molar refractivity (Wildman–Crippen MR) is 88.9 cm³/mol. The van der Waals surface area contributed by atoms with Crippen LogP contribution in [-0.2, 0) is 15.6 Å². The van der Waals surface area contributed by atoms with Crippen LogP contribution in [0.3, 0.4) is 0 Å². The van der Waals surface area contributed by atoms with Crippen molar-refractivity contribution in [1.82, 2.24) is 0 Å². The molecule has 0 saturated carbocycles. The fraction of sp³-hybridized carbons (Fsp3) is 0.588. The highest BCUT2D eigenvalue weighted by Gasteiger charge is 2.22. The van der Waals surface area contributed by atoms with E-state index in [1.165, 1.54) is 0 Å². The van der Waals surface area contributed by atoms with Gasteiger partial charge in [0.15, 0.2) is 0 Å². The predicted octanol–water partition coefficient (Wildman–Crippen LogP) is 4.09. The zero-order valence-corrected chi connectivity index (χ0v) is 14.5. The van der Waals surface area contributed by atoms with Crippen LogP contribution in [0.1, 0.15) is 63.7 Å². The molecule has 2 N–H and O–H groups in total. The molecule has 21 heavy (non-hydrogen) atoms. The van der Waals surface area contributed by atoms with Crippen molar-refractivity contribution in [2.45, 2.75) is 57.8 Å². The maximum absolute atomic E-state index is 10.7. The molecule has 0 aliphatic carbocycles. The third-order valence-electron chi connectivity index (χ3n) is 3.34. The molecule has 1 aromatic rings. The van der Waals surface area contributed by atoms with Crippen molar-refractivity contribution in [1.29, 1.82) is 0 Å². The number of aliphatic carboxylic acids is 1. The average molecular weight is 310 g/mol. The molecule has 0 fully saturated rings. The van der Waals surface area contributed by atoms with Gasteiger partial charge in [0.2, 0.25) is 0 Å². The van der Waals surface area contributed by atoms with E-state index in [0.29, 0.717) is 0 Å². The second kappa shape index (κ2) is 6.41. The van der Waals surface area contributed by atoms with Crippen molar-refractivity contribution in [3.8, 4) is 0 Å². The summed E-state index contributed by atoms with van der Waals surface area (Å²) in [5.41, 5.74) is 2.23. The molecule has 0 saturated heterocycles. The van der Waals surface area contributed by atoms with E-state index in [1.807, 2.05) is 12.1 Å². The zero-order valence-electron chi connectivity index (χ0n) is 13.7. The molecule has 118 valence electrons. The number of hydrogen-bond donors (Lipinski definition) is 2. The van der Waals surface area contributed by atoms with E-state index < -0.39 is 11.4 Å². The molecule has 1 rings (SSSR count). The molecule has 4 heteroatoms. The number of aliphatic hydroxyl groups is 1. The number of carboxylic acid groups (broad SMARTS) is 1. The van der Waals surface area contributed by atoms with E-state index in [4.69, 9.17) is 5.11 Å². The Labute approximate surface area is 131 Å². The first-order valence-electron chi connectivity index (χ1n) is 7.08. The van der Waals surface area contributed by atoms with Gasteiger partial charge in [0.25, 0.3) is 0 Å². The first-order valence-corrected chi connectivity index (χ1v) is 8.13. The fourth-order valence-electron chi connectivity index (χ4n) is 1.91. The Kier molecular flexibility index (Phi) is 5.51. The summed E-state index contributed by atoms with van der Waals surface area (Å²) in [6.45, 7) is 12.8. The topological polar surface area (TPSA) is 57.5 Å². The molecule has 3 nitrogen and oxygen atoms in total. The van der Waals surface area contributed by atoms with Gasteiger partial charge in [-0.3, -0.25) is 4.79 Å². The largest absolute Gasteiger partial charge is 0.481 e. The maximum atomic E-state index is 10.7. The van der Waals surface area contributed by atoms with Gasteiger partial charge in [-0.05, 0) is 27.5 Å². The van der Waals surface area contributed by atoms with Gasteiger partial charge in [0.1, 0.15) is 5.44 Å². The van der Waals surface area contributed by atoms with Crippen LogP contribution in [0.25, 0.3) is 0 Å². The summed E-state index contributed by atoms with van der Waals surface area (Å²) in [6, 6.07) is 6.14. The molecule has 0 radical (unpaired) electrons. The molecule has 0 amide bonds. The van der Waals surface area contributed by atoms with E-state index in [2.05, 4.69) is 47.6 Å². The molecule has 0 aliphatic heterocycles. The number of aliphatic hydroxyl groups excluding tert-OH is 1. The minimum atomic E-state index is -0.915. The number of benzene rings is 1. The van der Waals surface area contributed by atoms with Crippen molar-refractivity contribution in [2.75, 3.05) is 5.75 Å². The molecule has 0 aliphatic rings. The van der Waals surface area contributed by atoms with E-state index in [-0.39, 0.29) is 16.6 Å². The smallest absolute Gasteiger partial charge is 0.313 e. The first kappa shape index (κ1) is 18.1. The van der Waals surface area contributed by atoms with Crippen LogP contribution in [-0.4, -0.2) is 21.9 Å². The minimum absolute atomic E-state index is 0.0206. The molecule has 0 heterocycles. The van der Waals surface area contributed by atoms with Crippen molar-refractivity contribution < 1.29 is 15.0 Å². The van der Waals surface area contributed by atoms with Gasteiger partial charge in [0, 0.05) is 0 Å². The second-order valence-corrected chi connectivity index (χ2v) is 8.47. The Balaban J connectivity index is 3.22. The van der Waals surface area contributed by atoms with Crippen LogP contribution in [0.15, 0.2) is 18.2 Å². The summed E-state index contributed by atoms with van der Waals surface area (Å²) < 4.78 is 0. The fourth-order valence-corrected chi connectivity index (χ4v) is 2.54. The van der Waals surface area contributed by atoms with Crippen LogP contribution < -0.4 is 0 Å². The highest BCUT2D eigenvalue weighted by atomic mass is 32.2. The Morgan fingerprint density at radius 3 is 1.81 bits per heavy atom. The third kappa shape index (κ3) is 5.36. The van der Waals surface area contributed by atoms with E-state index >= 15 is 0 Å². The minimum Gasteiger partial charge on any atom is -0.481 e. The van der Waals surface area contributed by atoms with Crippen molar-refractivity contribution in [3.05, 3.63) is 34.9 Å². The summed E-state index contributed by atoms with van der Waals surface area (Å²) in [5.74, 6) is -1.02. The number of carbonyl (C=O) groups is 1. The Bertz CT molecular complexity index is 477. The Morgan fingerprint density at radius 2 is 1.48 bits per heavy atom. The highest BCUT2D eigenvalue weighted by molar-refractivity contribution is 7.99. The van der Waals surface area contributed by atoms with Crippen molar-refractivity contribution in [3.63, 3.8) is 0 Å². The lowest BCUT2D eigenvalue weighted by Gasteiger charge is -2.27. The lowest BCUT2D eigenvalue weighted by atomic mass is 9.79. The lowest BCUT2D eigenvalue weighted by molar-refractivity contribution is -0.133. The normalized spacial score (nSPS) is 14.0. The molecule has 1 aromatic carbocycles. The van der Waals surface area contributed by atoms with E-state index in [9.17, 15) is 9.90 Å². The van der Waals surface area contributed by atoms with E-state index in [0.717, 1.165) is 28.5 Å². The molecule has 1 unspecified atom stereocenters. The number of carboxylic acids is 1. The van der Waals surface area contributed by atoms with Gasteiger partial charge >= 0.3 is 5.97 Å². The number of thioether (sulfide) groups is 1. The lowest BCUT2D eigenvalue weighted by Crippen LogP contribution is -2.17. The monoisotopic (exact) mass is 310 g/mol. The summed E-state index contributed by atoms with van der Waals surface area (Å²) in [4.78, 5) is 10.7. The van der Waals surface area contributed by atoms with Gasteiger partial charge in [-0.15, -0.1) is 11.8 Å². The van der Waals surface area contributed by atoms with Gasteiger partial charge < -0.3 is 10.2 Å². The maximum Gasteiger partial charge on any atom is 0.313 e. The highest BCUT2D eigenvalue weighted by Crippen LogP contribution is 2.34. The van der Waals surface area contributed by atoms with Crippen LogP contribution in [0.2, 0.25) is 0 Å². The molecule has 0 spiro atoms. The summed E-state index contributed by atoms with van der Waals surface area (Å²) >= 11 is 1.03. The van der Waals surface area contributed by atoms with Crippen molar-refractivity contribution in [2.24, 2.45) is 0 Å². The Morgan fingerprint density at radius 1 is 1.05 bits per heavy atom. The van der Waals surface area contributed by atoms with Crippen LogP contribution in [0.4, 0.5) is 0 Å². The SMILES string of the molecule is CC(C)(C)c1cc(C(O)SCC(=O)O)cc(C(C)(C)C)c1. The summed E-state index contributed by atoms with van der Waals surface area (Å²) in [6.07, 6.45) is 0. The molecular formula is C17H26O3S. The van der Waals surface area contributed by atoms with Crippen molar-refractivity contribution >= 4 is 17.7 Å². The standard InChI is InChI=1S/C17H26O3S/c1-16(2,3)12-7-11(15(20)21-10-14(18)19)8-13(9-12)17(4,5)6/h7-9,15,20H,10H2,1-6H3,(H,18,19). The van der Waals surface area contributed by atoms with Crippen LogP contribution in [0.5, 0.6) is 0 Å². The van der Waals surface area contributed by atoms with Gasteiger partial charge in [0.05, 0.1) is 5.75 Å². The molecule has 1 atom stereocenters. The van der Waals surface area contributed by atoms with Gasteiger partial charge in [-0.1, -0.05) is 59.7 Å².